The van der Waals surface area contributed by atoms with E-state index in [1.54, 1.807) is 31.5 Å². The van der Waals surface area contributed by atoms with E-state index in [1.165, 1.54) is 30.1 Å². The maximum atomic E-state index is 14.1. The van der Waals surface area contributed by atoms with Gasteiger partial charge < -0.3 is 10.1 Å². The number of pyridine rings is 1. The van der Waals surface area contributed by atoms with Crippen molar-refractivity contribution in [1.82, 2.24) is 39.3 Å². The van der Waals surface area contributed by atoms with Gasteiger partial charge in [-0.3, -0.25) is 4.79 Å². The second kappa shape index (κ2) is 9.15. The number of carbonyl (C=O) groups is 1. The molecule has 0 fully saturated rings. The zero-order valence-electron chi connectivity index (χ0n) is 20.6. The first-order chi connectivity index (χ1) is 18.8. The van der Waals surface area contributed by atoms with E-state index >= 15 is 0 Å². The van der Waals surface area contributed by atoms with E-state index in [-0.39, 0.29) is 12.1 Å². The summed E-state index contributed by atoms with van der Waals surface area (Å²) < 4.78 is 48.1. The Balaban J connectivity index is 1.38. The summed E-state index contributed by atoms with van der Waals surface area (Å²) in [5, 5.41) is 10.8. The van der Waals surface area contributed by atoms with E-state index in [2.05, 4.69) is 35.5 Å². The molecule has 2 atom stereocenters. The first-order valence-electron chi connectivity index (χ1n) is 11.8. The van der Waals surface area contributed by atoms with E-state index in [1.807, 2.05) is 0 Å². The van der Waals surface area contributed by atoms with Gasteiger partial charge in [0.05, 0.1) is 41.7 Å². The average molecular weight is 535 g/mol. The molecule has 0 radical (unpaired) electrons. The van der Waals surface area contributed by atoms with E-state index in [9.17, 15) is 18.0 Å². The Kier molecular flexibility index (Phi) is 5.74. The SMILES string of the molecule is COc1cc(NC(=O)[C@H]2C[C@](C)(c3ccn(C(F)F)n3)c3c2cnc2cc(F)nn32)cnc1-c1ncccn1. The molecule has 1 amide bonds. The highest BCUT2D eigenvalue weighted by atomic mass is 19.3. The van der Waals surface area contributed by atoms with Crippen molar-refractivity contribution in [2.24, 2.45) is 0 Å². The first-order valence-corrected chi connectivity index (χ1v) is 11.8. The largest absolute Gasteiger partial charge is 0.494 e. The Hall–Kier alpha value is -4.88. The zero-order chi connectivity index (χ0) is 27.3. The number of alkyl halides is 2. The van der Waals surface area contributed by atoms with Gasteiger partial charge in [-0.25, -0.2) is 29.1 Å². The van der Waals surface area contributed by atoms with Crippen LogP contribution in [0.3, 0.4) is 0 Å². The van der Waals surface area contributed by atoms with Crippen molar-refractivity contribution in [3.63, 3.8) is 0 Å². The number of aromatic nitrogens is 8. The Morgan fingerprint density at radius 3 is 2.67 bits per heavy atom. The summed E-state index contributed by atoms with van der Waals surface area (Å²) in [6.45, 7) is -1.08. The van der Waals surface area contributed by atoms with E-state index in [4.69, 9.17) is 4.74 Å². The Labute approximate surface area is 218 Å². The number of carbonyl (C=O) groups excluding carboxylic acids is 1. The van der Waals surface area contributed by atoms with Crippen LogP contribution in [0.5, 0.6) is 5.75 Å². The van der Waals surface area contributed by atoms with Crippen LogP contribution in [0.1, 0.15) is 42.8 Å². The van der Waals surface area contributed by atoms with Crippen LogP contribution in [-0.4, -0.2) is 52.3 Å². The second-order valence-electron chi connectivity index (χ2n) is 9.18. The molecule has 0 spiro atoms. The molecule has 0 saturated heterocycles. The summed E-state index contributed by atoms with van der Waals surface area (Å²) in [6, 6.07) is 5.89. The van der Waals surface area contributed by atoms with Gasteiger partial charge in [0.25, 0.3) is 0 Å². The highest BCUT2D eigenvalue weighted by Crippen LogP contribution is 2.49. The normalized spacial score (nSPS) is 18.5. The Bertz CT molecular complexity index is 1710. The van der Waals surface area contributed by atoms with Gasteiger partial charge in [-0.05, 0) is 25.5 Å². The molecule has 1 aliphatic rings. The molecule has 0 aliphatic heterocycles. The number of halogens is 3. The first kappa shape index (κ1) is 24.5. The number of hydrogen-bond donors (Lipinski definition) is 1. The molecule has 1 N–H and O–H groups in total. The standard InChI is InChI=1S/C25H20F3N9O2/c1-25(17-4-7-36(34-17)24(27)28)10-14(15-12-31-19-9-18(26)35-37(19)21(15)25)23(38)33-13-8-16(39-2)20(32-11-13)22-29-5-3-6-30-22/h3-9,11-12,14,24H,10H2,1-2H3,(H,33,38)/t14-,25+/m0/s1. The van der Waals surface area contributed by atoms with Crippen molar-refractivity contribution in [3.8, 4) is 17.3 Å². The van der Waals surface area contributed by atoms with Crippen LogP contribution in [-0.2, 0) is 10.2 Å². The van der Waals surface area contributed by atoms with E-state index in [0.717, 1.165) is 12.3 Å². The number of anilines is 1. The highest BCUT2D eigenvalue weighted by Gasteiger charge is 2.48. The molecule has 1 aliphatic carbocycles. The molecule has 6 rings (SSSR count). The van der Waals surface area contributed by atoms with Crippen LogP contribution in [0.2, 0.25) is 0 Å². The number of ether oxygens (including phenoxy) is 1. The van der Waals surface area contributed by atoms with Gasteiger partial charge >= 0.3 is 6.55 Å². The summed E-state index contributed by atoms with van der Waals surface area (Å²) in [5.74, 6) is -1.24. The van der Waals surface area contributed by atoms with Gasteiger partial charge in [-0.15, -0.1) is 5.10 Å². The summed E-state index contributed by atoms with van der Waals surface area (Å²) in [5.41, 5.74) is 1.14. The van der Waals surface area contributed by atoms with Crippen molar-refractivity contribution in [2.45, 2.75) is 31.2 Å². The molecule has 14 heteroatoms. The quantitative estimate of drug-likeness (QED) is 0.349. The summed E-state index contributed by atoms with van der Waals surface area (Å²) in [4.78, 5) is 30.6. The minimum Gasteiger partial charge on any atom is -0.494 e. The molecule has 5 heterocycles. The lowest BCUT2D eigenvalue weighted by molar-refractivity contribution is -0.117. The smallest absolute Gasteiger partial charge is 0.333 e. The summed E-state index contributed by atoms with van der Waals surface area (Å²) >= 11 is 0. The van der Waals surface area contributed by atoms with Crippen molar-refractivity contribution in [1.29, 1.82) is 0 Å². The second-order valence-corrected chi connectivity index (χ2v) is 9.18. The molecule has 5 aromatic rings. The fraction of sp³-hybridized carbons (Fsp3) is 0.240. The number of hydrogen-bond acceptors (Lipinski definition) is 8. The predicted molar refractivity (Wildman–Crippen MR) is 131 cm³/mol. The Morgan fingerprint density at radius 2 is 1.95 bits per heavy atom. The van der Waals surface area contributed by atoms with Gasteiger partial charge in [0.15, 0.2) is 11.5 Å². The molecular formula is C25H20F3N9O2. The number of nitrogens with one attached hydrogen (secondary N) is 1. The fourth-order valence-electron chi connectivity index (χ4n) is 5.03. The van der Waals surface area contributed by atoms with Crippen LogP contribution in [0.4, 0.5) is 18.9 Å². The number of amides is 1. The van der Waals surface area contributed by atoms with Crippen molar-refractivity contribution < 1.29 is 22.7 Å². The fourth-order valence-corrected chi connectivity index (χ4v) is 5.03. The number of methoxy groups -OCH3 is 1. The maximum Gasteiger partial charge on any atom is 0.333 e. The van der Waals surface area contributed by atoms with Crippen LogP contribution in [0, 0.1) is 5.95 Å². The van der Waals surface area contributed by atoms with Gasteiger partial charge in [-0.2, -0.15) is 18.3 Å². The van der Waals surface area contributed by atoms with E-state index in [0.29, 0.717) is 44.6 Å². The topological polar surface area (TPSA) is 125 Å². The maximum absolute atomic E-state index is 14.1. The molecule has 0 bridgehead atoms. The number of fused-ring (bicyclic) bond motifs is 3. The summed E-state index contributed by atoms with van der Waals surface area (Å²) in [6.07, 6.45) is 7.41. The number of nitrogens with zero attached hydrogens (tertiary/aromatic N) is 8. The molecular weight excluding hydrogens is 515 g/mol. The van der Waals surface area contributed by atoms with Crippen molar-refractivity contribution in [3.05, 3.63) is 78.1 Å². The monoisotopic (exact) mass is 535 g/mol. The molecule has 0 aromatic carbocycles. The van der Waals surface area contributed by atoms with Gasteiger partial charge in [0, 0.05) is 42.5 Å². The van der Waals surface area contributed by atoms with Gasteiger partial charge in [-0.1, -0.05) is 0 Å². The molecule has 198 valence electrons. The van der Waals surface area contributed by atoms with Gasteiger partial charge in [0.1, 0.15) is 11.4 Å². The minimum absolute atomic E-state index is 0.150. The van der Waals surface area contributed by atoms with Gasteiger partial charge in [0.2, 0.25) is 11.9 Å². The third-order valence-corrected chi connectivity index (χ3v) is 6.80. The molecule has 0 unspecified atom stereocenters. The Morgan fingerprint density at radius 1 is 1.15 bits per heavy atom. The highest BCUT2D eigenvalue weighted by molar-refractivity contribution is 5.97. The third kappa shape index (κ3) is 4.04. The summed E-state index contributed by atoms with van der Waals surface area (Å²) in [7, 11) is 1.46. The zero-order valence-corrected chi connectivity index (χ0v) is 20.6. The lowest BCUT2D eigenvalue weighted by atomic mass is 9.82. The molecule has 0 saturated carbocycles. The lowest BCUT2D eigenvalue weighted by Gasteiger charge is -2.23. The third-order valence-electron chi connectivity index (χ3n) is 6.80. The van der Waals surface area contributed by atoms with Crippen LogP contribution >= 0.6 is 0 Å². The molecule has 11 nitrogen and oxygen atoms in total. The van der Waals surface area contributed by atoms with Crippen LogP contribution in [0.15, 0.2) is 55.2 Å². The van der Waals surface area contributed by atoms with Crippen molar-refractivity contribution >= 4 is 17.2 Å². The number of rotatable bonds is 6. The molecule has 5 aromatic heterocycles. The minimum atomic E-state index is -2.84. The van der Waals surface area contributed by atoms with E-state index < -0.39 is 29.7 Å². The lowest BCUT2D eigenvalue weighted by Crippen LogP contribution is -2.26. The average Bonchev–Trinajstić information content (AvgIpc) is 3.65. The molecule has 39 heavy (non-hydrogen) atoms. The predicted octanol–water partition coefficient (Wildman–Crippen LogP) is 3.75. The van der Waals surface area contributed by atoms with Crippen LogP contribution < -0.4 is 10.1 Å². The van der Waals surface area contributed by atoms with Crippen LogP contribution in [0.25, 0.3) is 17.2 Å². The van der Waals surface area contributed by atoms with Crippen molar-refractivity contribution in [2.75, 3.05) is 12.4 Å².